The topological polar surface area (TPSA) is 76.2 Å². The molecule has 2 aromatic rings. The molecule has 0 atom stereocenters. The van der Waals surface area contributed by atoms with Crippen LogP contribution in [0.3, 0.4) is 0 Å². The van der Waals surface area contributed by atoms with Gasteiger partial charge in [-0.3, -0.25) is 4.79 Å². The van der Waals surface area contributed by atoms with Crippen LogP contribution in [0.4, 0.5) is 0 Å². The van der Waals surface area contributed by atoms with Crippen molar-refractivity contribution in [1.29, 1.82) is 0 Å². The summed E-state index contributed by atoms with van der Waals surface area (Å²) in [6.07, 6.45) is 0.708. The van der Waals surface area contributed by atoms with Gasteiger partial charge in [0.25, 0.3) is 5.56 Å². The van der Waals surface area contributed by atoms with Crippen molar-refractivity contribution in [3.8, 4) is 22.9 Å². The van der Waals surface area contributed by atoms with Crippen LogP contribution in [0.5, 0.6) is 11.5 Å². The molecule has 0 unspecified atom stereocenters. The Kier molecular flexibility index (Phi) is 3.62. The Labute approximate surface area is 122 Å². The van der Waals surface area contributed by atoms with Gasteiger partial charge in [-0.2, -0.15) is 0 Å². The van der Waals surface area contributed by atoms with Crippen molar-refractivity contribution < 1.29 is 9.47 Å². The third-order valence-corrected chi connectivity index (χ3v) is 3.57. The van der Waals surface area contributed by atoms with E-state index < -0.39 is 0 Å². The molecule has 3 rings (SSSR count). The van der Waals surface area contributed by atoms with E-state index in [0.717, 1.165) is 23.4 Å². The Morgan fingerprint density at radius 3 is 2.52 bits per heavy atom. The number of aromatic amines is 1. The van der Waals surface area contributed by atoms with Crippen LogP contribution >= 0.6 is 0 Å². The second-order valence-electron chi connectivity index (χ2n) is 4.87. The standard InChI is InChI=1S/C15H17N3O3/c1-20-10-5-9(6-11(7-10)21-2)14-17-13-8-16-4-3-12(13)15(19)18-14/h5-7,16H,3-4,8H2,1-2H3,(H,17,18,19). The largest absolute Gasteiger partial charge is 0.497 e. The fourth-order valence-corrected chi connectivity index (χ4v) is 2.45. The van der Waals surface area contributed by atoms with Gasteiger partial charge >= 0.3 is 0 Å². The minimum absolute atomic E-state index is 0.0710. The van der Waals surface area contributed by atoms with Crippen LogP contribution in [0.15, 0.2) is 23.0 Å². The first-order valence-corrected chi connectivity index (χ1v) is 6.77. The molecule has 1 aromatic heterocycles. The van der Waals surface area contributed by atoms with Crippen molar-refractivity contribution in [2.75, 3.05) is 20.8 Å². The molecule has 21 heavy (non-hydrogen) atoms. The van der Waals surface area contributed by atoms with Gasteiger partial charge in [0.2, 0.25) is 0 Å². The minimum atomic E-state index is -0.0710. The van der Waals surface area contributed by atoms with E-state index in [4.69, 9.17) is 9.47 Å². The lowest BCUT2D eigenvalue weighted by atomic mass is 10.1. The quantitative estimate of drug-likeness (QED) is 0.884. The minimum Gasteiger partial charge on any atom is -0.497 e. The van der Waals surface area contributed by atoms with E-state index in [0.29, 0.717) is 30.3 Å². The van der Waals surface area contributed by atoms with Gasteiger partial charge in [-0.1, -0.05) is 0 Å². The zero-order valence-electron chi connectivity index (χ0n) is 12.0. The van der Waals surface area contributed by atoms with Gasteiger partial charge in [-0.05, 0) is 25.1 Å². The number of fused-ring (bicyclic) bond motifs is 1. The van der Waals surface area contributed by atoms with Crippen molar-refractivity contribution in [3.63, 3.8) is 0 Å². The highest BCUT2D eigenvalue weighted by atomic mass is 16.5. The lowest BCUT2D eigenvalue weighted by molar-refractivity contribution is 0.394. The van der Waals surface area contributed by atoms with E-state index in [2.05, 4.69) is 15.3 Å². The molecule has 0 amide bonds. The van der Waals surface area contributed by atoms with Crippen molar-refractivity contribution in [1.82, 2.24) is 15.3 Å². The molecule has 1 aliphatic heterocycles. The average Bonchev–Trinajstić information content (AvgIpc) is 2.54. The summed E-state index contributed by atoms with van der Waals surface area (Å²) in [5, 5.41) is 3.23. The summed E-state index contributed by atoms with van der Waals surface area (Å²) >= 11 is 0. The summed E-state index contributed by atoms with van der Waals surface area (Å²) < 4.78 is 10.5. The Morgan fingerprint density at radius 1 is 1.14 bits per heavy atom. The summed E-state index contributed by atoms with van der Waals surface area (Å²) in [4.78, 5) is 19.6. The molecule has 2 N–H and O–H groups in total. The number of benzene rings is 1. The lowest BCUT2D eigenvalue weighted by Gasteiger charge is -2.16. The van der Waals surface area contributed by atoms with Crippen LogP contribution in [-0.2, 0) is 13.0 Å². The van der Waals surface area contributed by atoms with Crippen LogP contribution < -0.4 is 20.3 Å². The monoisotopic (exact) mass is 287 g/mol. The smallest absolute Gasteiger partial charge is 0.254 e. The molecule has 1 aromatic carbocycles. The highest BCUT2D eigenvalue weighted by Gasteiger charge is 2.16. The first-order chi connectivity index (χ1) is 10.2. The summed E-state index contributed by atoms with van der Waals surface area (Å²) in [7, 11) is 3.18. The molecule has 1 aliphatic rings. The molecule has 0 spiro atoms. The predicted molar refractivity (Wildman–Crippen MR) is 78.8 cm³/mol. The Hall–Kier alpha value is -2.34. The van der Waals surface area contributed by atoms with Crippen molar-refractivity contribution in [2.24, 2.45) is 0 Å². The molecule has 0 aliphatic carbocycles. The number of rotatable bonds is 3. The van der Waals surface area contributed by atoms with E-state index in [9.17, 15) is 4.79 Å². The molecule has 6 heteroatoms. The van der Waals surface area contributed by atoms with E-state index in [1.165, 1.54) is 0 Å². The first-order valence-electron chi connectivity index (χ1n) is 6.77. The molecule has 0 saturated carbocycles. The molecular formula is C15H17N3O3. The molecule has 110 valence electrons. The summed E-state index contributed by atoms with van der Waals surface area (Å²) in [6, 6.07) is 5.43. The zero-order chi connectivity index (χ0) is 14.8. The molecule has 0 bridgehead atoms. The van der Waals surface area contributed by atoms with E-state index in [-0.39, 0.29) is 5.56 Å². The van der Waals surface area contributed by atoms with Crippen LogP contribution in [-0.4, -0.2) is 30.7 Å². The second-order valence-corrected chi connectivity index (χ2v) is 4.87. The lowest BCUT2D eigenvalue weighted by Crippen LogP contribution is -2.31. The van der Waals surface area contributed by atoms with Crippen LogP contribution in [0.25, 0.3) is 11.4 Å². The SMILES string of the molecule is COc1cc(OC)cc(-c2nc3c(c(=O)[nH]2)CCNC3)c1. The third-order valence-electron chi connectivity index (χ3n) is 3.57. The summed E-state index contributed by atoms with van der Waals surface area (Å²) in [5.74, 6) is 1.84. The number of hydrogen-bond donors (Lipinski definition) is 2. The highest BCUT2D eigenvalue weighted by Crippen LogP contribution is 2.27. The van der Waals surface area contributed by atoms with Gasteiger partial charge < -0.3 is 19.8 Å². The Bertz CT molecular complexity index is 702. The second kappa shape index (κ2) is 5.57. The number of nitrogens with one attached hydrogen (secondary N) is 2. The van der Waals surface area contributed by atoms with Gasteiger partial charge in [0.15, 0.2) is 0 Å². The van der Waals surface area contributed by atoms with Crippen molar-refractivity contribution in [2.45, 2.75) is 13.0 Å². The maximum Gasteiger partial charge on any atom is 0.254 e. The normalized spacial score (nSPS) is 13.6. The van der Waals surface area contributed by atoms with E-state index in [1.807, 2.05) is 12.1 Å². The molecule has 0 radical (unpaired) electrons. The maximum atomic E-state index is 12.2. The maximum absolute atomic E-state index is 12.2. The number of nitrogens with zero attached hydrogens (tertiary/aromatic N) is 1. The number of H-pyrrole nitrogens is 1. The van der Waals surface area contributed by atoms with Crippen LogP contribution in [0, 0.1) is 0 Å². The van der Waals surface area contributed by atoms with Crippen molar-refractivity contribution in [3.05, 3.63) is 39.8 Å². The molecule has 0 saturated heterocycles. The summed E-state index contributed by atoms with van der Waals surface area (Å²) in [5.41, 5.74) is 2.27. The molecule has 6 nitrogen and oxygen atoms in total. The van der Waals surface area contributed by atoms with Crippen LogP contribution in [0.2, 0.25) is 0 Å². The first kappa shape index (κ1) is 13.6. The van der Waals surface area contributed by atoms with Gasteiger partial charge in [0.05, 0.1) is 19.9 Å². The fourth-order valence-electron chi connectivity index (χ4n) is 2.45. The van der Waals surface area contributed by atoms with Crippen molar-refractivity contribution >= 4 is 0 Å². The van der Waals surface area contributed by atoms with Gasteiger partial charge in [0.1, 0.15) is 17.3 Å². The number of hydrogen-bond acceptors (Lipinski definition) is 5. The number of ether oxygens (including phenoxy) is 2. The van der Waals surface area contributed by atoms with E-state index in [1.54, 1.807) is 20.3 Å². The fraction of sp³-hybridized carbons (Fsp3) is 0.333. The third kappa shape index (κ3) is 2.62. The molecule has 2 heterocycles. The Balaban J connectivity index is 2.12. The van der Waals surface area contributed by atoms with Gasteiger partial charge in [-0.25, -0.2) is 4.98 Å². The molecule has 0 fully saturated rings. The van der Waals surface area contributed by atoms with Gasteiger partial charge in [0, 0.05) is 23.7 Å². The highest BCUT2D eigenvalue weighted by molar-refractivity contribution is 5.61. The van der Waals surface area contributed by atoms with Crippen LogP contribution in [0.1, 0.15) is 11.3 Å². The average molecular weight is 287 g/mol. The predicted octanol–water partition coefficient (Wildman–Crippen LogP) is 1.10. The van der Waals surface area contributed by atoms with E-state index >= 15 is 0 Å². The molecular weight excluding hydrogens is 270 g/mol. The zero-order valence-corrected chi connectivity index (χ0v) is 12.0. The summed E-state index contributed by atoms with van der Waals surface area (Å²) in [6.45, 7) is 1.43. The Morgan fingerprint density at radius 2 is 1.86 bits per heavy atom. The number of methoxy groups -OCH3 is 2. The number of aromatic nitrogens is 2. The van der Waals surface area contributed by atoms with Gasteiger partial charge in [-0.15, -0.1) is 0 Å².